The van der Waals surface area contributed by atoms with Gasteiger partial charge in [0.25, 0.3) is 5.91 Å². The Bertz CT molecular complexity index is 805. The first-order valence-corrected chi connectivity index (χ1v) is 9.06. The zero-order valence-electron chi connectivity index (χ0n) is 16.3. The number of nitrogens with zero attached hydrogens (tertiary/aromatic N) is 1. The number of hydroxylamine groups is 1. The zero-order chi connectivity index (χ0) is 20.7. The predicted molar refractivity (Wildman–Crippen MR) is 103 cm³/mol. The van der Waals surface area contributed by atoms with E-state index in [1.165, 1.54) is 18.0 Å². The number of rotatable bonds is 9. The highest BCUT2D eigenvalue weighted by molar-refractivity contribution is 5.99. The van der Waals surface area contributed by atoms with Crippen molar-refractivity contribution in [1.82, 2.24) is 10.4 Å². The SMILES string of the molecule is CC1=C(/C(C(=O)NOCCO)=C(/Nc2ccc(C)cc2F)N(C)C=O)CCC1. The van der Waals surface area contributed by atoms with Gasteiger partial charge in [-0.05, 0) is 56.4 Å². The summed E-state index contributed by atoms with van der Waals surface area (Å²) >= 11 is 0. The van der Waals surface area contributed by atoms with Crippen LogP contribution in [-0.4, -0.2) is 42.6 Å². The first-order chi connectivity index (χ1) is 13.4. The van der Waals surface area contributed by atoms with E-state index in [2.05, 4.69) is 10.8 Å². The van der Waals surface area contributed by atoms with E-state index < -0.39 is 11.7 Å². The Morgan fingerprint density at radius 1 is 1.36 bits per heavy atom. The molecule has 0 spiro atoms. The van der Waals surface area contributed by atoms with Crippen molar-refractivity contribution in [3.63, 3.8) is 0 Å². The number of carbonyl (C=O) groups excluding carboxylic acids is 2. The first kappa shape index (κ1) is 21.6. The lowest BCUT2D eigenvalue weighted by atomic mass is 10.0. The van der Waals surface area contributed by atoms with E-state index in [4.69, 9.17) is 9.94 Å². The van der Waals surface area contributed by atoms with Crippen molar-refractivity contribution in [2.24, 2.45) is 0 Å². The molecule has 28 heavy (non-hydrogen) atoms. The van der Waals surface area contributed by atoms with Crippen molar-refractivity contribution < 1.29 is 23.9 Å². The molecule has 0 atom stereocenters. The molecule has 7 nitrogen and oxygen atoms in total. The van der Waals surface area contributed by atoms with Crippen molar-refractivity contribution in [3.8, 4) is 0 Å². The fourth-order valence-electron chi connectivity index (χ4n) is 3.06. The highest BCUT2D eigenvalue weighted by Gasteiger charge is 2.27. The number of anilines is 1. The van der Waals surface area contributed by atoms with Crippen molar-refractivity contribution in [3.05, 3.63) is 52.1 Å². The summed E-state index contributed by atoms with van der Waals surface area (Å²) in [7, 11) is 1.48. The summed E-state index contributed by atoms with van der Waals surface area (Å²) in [5, 5.41) is 11.7. The lowest BCUT2D eigenvalue weighted by Crippen LogP contribution is -2.33. The molecule has 0 unspecified atom stereocenters. The molecule has 1 aromatic rings. The molecule has 0 saturated heterocycles. The van der Waals surface area contributed by atoms with Gasteiger partial charge in [-0.1, -0.05) is 11.6 Å². The Labute approximate surface area is 163 Å². The highest BCUT2D eigenvalue weighted by atomic mass is 19.1. The number of benzene rings is 1. The van der Waals surface area contributed by atoms with E-state index in [1.807, 2.05) is 6.92 Å². The van der Waals surface area contributed by atoms with Gasteiger partial charge in [-0.2, -0.15) is 0 Å². The van der Waals surface area contributed by atoms with Gasteiger partial charge in [-0.15, -0.1) is 0 Å². The molecule has 152 valence electrons. The van der Waals surface area contributed by atoms with Crippen molar-refractivity contribution in [2.75, 3.05) is 25.6 Å². The van der Waals surface area contributed by atoms with Crippen LogP contribution in [0.25, 0.3) is 0 Å². The van der Waals surface area contributed by atoms with Crippen LogP contribution < -0.4 is 10.8 Å². The average molecular weight is 391 g/mol. The van der Waals surface area contributed by atoms with Crippen LogP contribution in [0.5, 0.6) is 0 Å². The van der Waals surface area contributed by atoms with Gasteiger partial charge in [0.05, 0.1) is 24.5 Å². The lowest BCUT2D eigenvalue weighted by Gasteiger charge is -2.23. The largest absolute Gasteiger partial charge is 0.394 e. The Morgan fingerprint density at radius 3 is 2.68 bits per heavy atom. The van der Waals surface area contributed by atoms with E-state index in [1.54, 1.807) is 19.1 Å². The maximum absolute atomic E-state index is 14.4. The van der Waals surface area contributed by atoms with Gasteiger partial charge in [0, 0.05) is 7.05 Å². The number of allylic oxidation sites excluding steroid dienone is 1. The fraction of sp³-hybridized carbons (Fsp3) is 0.400. The maximum Gasteiger partial charge on any atom is 0.278 e. The summed E-state index contributed by atoms with van der Waals surface area (Å²) in [6, 6.07) is 4.65. The second-order valence-electron chi connectivity index (χ2n) is 6.66. The van der Waals surface area contributed by atoms with Crippen LogP contribution in [0.1, 0.15) is 31.7 Å². The average Bonchev–Trinajstić information content (AvgIpc) is 3.08. The molecule has 0 fully saturated rings. The summed E-state index contributed by atoms with van der Waals surface area (Å²) in [4.78, 5) is 30.5. The molecule has 0 bridgehead atoms. The van der Waals surface area contributed by atoms with E-state index in [-0.39, 0.29) is 30.3 Å². The molecular weight excluding hydrogens is 365 g/mol. The van der Waals surface area contributed by atoms with E-state index in [0.717, 1.165) is 29.6 Å². The van der Waals surface area contributed by atoms with Crippen LogP contribution in [0.3, 0.4) is 0 Å². The number of aryl methyl sites for hydroxylation is 1. The minimum absolute atomic E-state index is 0.0735. The number of hydrogen-bond donors (Lipinski definition) is 3. The van der Waals surface area contributed by atoms with Gasteiger partial charge in [0.15, 0.2) is 0 Å². The van der Waals surface area contributed by atoms with Crippen LogP contribution in [0.4, 0.5) is 10.1 Å². The number of amides is 2. The van der Waals surface area contributed by atoms with Gasteiger partial charge >= 0.3 is 0 Å². The normalized spacial score (nSPS) is 14.6. The summed E-state index contributed by atoms with van der Waals surface area (Å²) in [5.74, 6) is -0.919. The number of carbonyl (C=O) groups is 2. The van der Waals surface area contributed by atoms with Crippen LogP contribution in [-0.2, 0) is 14.4 Å². The topological polar surface area (TPSA) is 90.9 Å². The lowest BCUT2D eigenvalue weighted by molar-refractivity contribution is -0.130. The molecule has 1 aromatic carbocycles. The Kier molecular flexibility index (Phi) is 7.71. The van der Waals surface area contributed by atoms with Gasteiger partial charge in [-0.25, -0.2) is 9.87 Å². The van der Waals surface area contributed by atoms with E-state index in [0.29, 0.717) is 12.8 Å². The van der Waals surface area contributed by atoms with Crippen LogP contribution in [0, 0.1) is 12.7 Å². The van der Waals surface area contributed by atoms with E-state index >= 15 is 0 Å². The third kappa shape index (κ3) is 5.17. The van der Waals surface area contributed by atoms with Crippen LogP contribution in [0.15, 0.2) is 40.7 Å². The molecule has 0 heterocycles. The highest BCUT2D eigenvalue weighted by Crippen LogP contribution is 2.33. The van der Waals surface area contributed by atoms with Gasteiger partial charge in [-0.3, -0.25) is 14.4 Å². The number of hydrogen-bond acceptors (Lipinski definition) is 5. The molecule has 1 aliphatic rings. The first-order valence-electron chi connectivity index (χ1n) is 9.06. The minimum atomic E-state index is -0.576. The Hall–Kier alpha value is -2.71. The molecule has 2 amide bonds. The second-order valence-corrected chi connectivity index (χ2v) is 6.66. The zero-order valence-corrected chi connectivity index (χ0v) is 16.3. The van der Waals surface area contributed by atoms with Crippen molar-refractivity contribution in [1.29, 1.82) is 0 Å². The summed E-state index contributed by atoms with van der Waals surface area (Å²) < 4.78 is 14.4. The van der Waals surface area contributed by atoms with Crippen LogP contribution in [0.2, 0.25) is 0 Å². The summed E-state index contributed by atoms with van der Waals surface area (Å²) in [6.07, 6.45) is 2.91. The van der Waals surface area contributed by atoms with Crippen molar-refractivity contribution >= 4 is 18.0 Å². The van der Waals surface area contributed by atoms with Crippen molar-refractivity contribution in [2.45, 2.75) is 33.1 Å². The monoisotopic (exact) mass is 391 g/mol. The molecule has 3 N–H and O–H groups in total. The Morgan fingerprint density at radius 2 is 2.11 bits per heavy atom. The second kappa shape index (κ2) is 10.0. The molecule has 2 rings (SSSR count). The number of aliphatic hydroxyl groups excluding tert-OH is 1. The predicted octanol–water partition coefficient (Wildman–Crippen LogP) is 2.39. The van der Waals surface area contributed by atoms with Gasteiger partial charge < -0.3 is 15.3 Å². The number of nitrogens with one attached hydrogen (secondary N) is 2. The van der Waals surface area contributed by atoms with E-state index in [9.17, 15) is 14.0 Å². The summed E-state index contributed by atoms with van der Waals surface area (Å²) in [6.45, 7) is 3.37. The van der Waals surface area contributed by atoms with Gasteiger partial charge in [0.2, 0.25) is 6.41 Å². The number of aliphatic hydroxyl groups is 1. The molecule has 0 saturated carbocycles. The Balaban J connectivity index is 2.54. The van der Waals surface area contributed by atoms with Crippen LogP contribution >= 0.6 is 0 Å². The third-order valence-electron chi connectivity index (χ3n) is 4.51. The minimum Gasteiger partial charge on any atom is -0.394 e. The molecule has 0 radical (unpaired) electrons. The molecular formula is C20H26FN3O4. The maximum atomic E-state index is 14.4. The van der Waals surface area contributed by atoms with Gasteiger partial charge in [0.1, 0.15) is 11.6 Å². The third-order valence-corrected chi connectivity index (χ3v) is 4.51. The number of halogens is 1. The standard InChI is InChI=1S/C20H26FN3O4/c1-13-7-8-17(16(21)11-13)22-19(24(3)12-26)18(15-6-4-5-14(15)2)20(27)23-28-10-9-25/h7-8,11-12,22,25H,4-6,9-10H2,1-3H3,(H,23,27)/b19-18+. The molecule has 1 aliphatic carbocycles. The quantitative estimate of drug-likeness (QED) is 0.260. The fourth-order valence-corrected chi connectivity index (χ4v) is 3.06. The molecule has 0 aliphatic heterocycles. The smallest absolute Gasteiger partial charge is 0.278 e. The molecule has 0 aromatic heterocycles. The molecule has 8 heteroatoms. The summed E-state index contributed by atoms with van der Waals surface area (Å²) in [5.41, 5.74) is 5.20.